The molecule has 1 aromatic rings. The number of hydrogen-bond acceptors (Lipinski definition) is 2. The van der Waals surface area contributed by atoms with Crippen LogP contribution in [0.1, 0.15) is 24.1 Å². The maximum absolute atomic E-state index is 12.0. The van der Waals surface area contributed by atoms with Gasteiger partial charge in [0.1, 0.15) is 5.78 Å². The van der Waals surface area contributed by atoms with E-state index in [4.69, 9.17) is 0 Å². The minimum Gasteiger partial charge on any atom is -0.299 e. The van der Waals surface area contributed by atoms with E-state index in [0.717, 1.165) is 15.6 Å². The average Bonchev–Trinajstić information content (AvgIpc) is 2.61. The molecule has 0 aliphatic heterocycles. The summed E-state index contributed by atoms with van der Waals surface area (Å²) in [5.74, 6) is 2.68. The molecule has 1 heterocycles. The smallest absolute Gasteiger partial charge is 0.141 e. The third-order valence-corrected chi connectivity index (χ3v) is 5.30. The number of Topliss-reactive ketones (excluding diaryl/α,β-unsaturated/α-hetero) is 1. The number of halogens is 1. The average molecular weight is 285 g/mol. The molecule has 0 aromatic carbocycles. The molecule has 0 bridgehead atoms. The highest BCUT2D eigenvalue weighted by Crippen LogP contribution is 2.54. The van der Waals surface area contributed by atoms with E-state index in [1.807, 2.05) is 6.07 Å². The number of carbonyl (C=O) groups is 1. The first-order valence-electron chi connectivity index (χ1n) is 5.49. The van der Waals surface area contributed by atoms with Gasteiger partial charge in [-0.3, -0.25) is 4.79 Å². The Hall–Kier alpha value is -0.150. The fraction of sp³-hybridized carbons (Fsp3) is 0.583. The lowest BCUT2D eigenvalue weighted by atomic mass is 9.96. The van der Waals surface area contributed by atoms with Crippen molar-refractivity contribution in [2.24, 2.45) is 17.8 Å². The summed E-state index contributed by atoms with van der Waals surface area (Å²) in [5.41, 5.74) is 0. The summed E-state index contributed by atoms with van der Waals surface area (Å²) < 4.78 is 1.12. The molecule has 2 unspecified atom stereocenters. The van der Waals surface area contributed by atoms with Crippen molar-refractivity contribution in [3.63, 3.8) is 0 Å². The fourth-order valence-corrected chi connectivity index (χ4v) is 4.23. The second-order valence-corrected chi connectivity index (χ2v) is 7.32. The van der Waals surface area contributed by atoms with Crippen molar-refractivity contribution in [3.05, 3.63) is 20.8 Å². The molecule has 2 saturated carbocycles. The van der Waals surface area contributed by atoms with Crippen molar-refractivity contribution < 1.29 is 4.79 Å². The lowest BCUT2D eigenvalue weighted by Crippen LogP contribution is -2.14. The van der Waals surface area contributed by atoms with Gasteiger partial charge in [-0.05, 0) is 59.2 Å². The Morgan fingerprint density at radius 2 is 2.07 bits per heavy atom. The molecule has 0 N–H and O–H groups in total. The maximum Gasteiger partial charge on any atom is 0.141 e. The molecule has 1 aromatic heterocycles. The van der Waals surface area contributed by atoms with Gasteiger partial charge in [-0.1, -0.05) is 0 Å². The first kappa shape index (κ1) is 10.0. The minimum atomic E-state index is 0.384. The molecule has 0 spiro atoms. The van der Waals surface area contributed by atoms with Crippen molar-refractivity contribution in [3.8, 4) is 0 Å². The summed E-state index contributed by atoms with van der Waals surface area (Å²) in [6.45, 7) is 0. The molecule has 2 aliphatic carbocycles. The Morgan fingerprint density at radius 1 is 1.33 bits per heavy atom. The standard InChI is InChI=1S/C12H13BrOS/c13-12-2-1-10(15-12)6-11(14)9-4-7-3-8(7)5-9/h1-2,7-9H,3-6H2. The zero-order valence-electron chi connectivity index (χ0n) is 8.41. The highest BCUT2D eigenvalue weighted by atomic mass is 79.9. The summed E-state index contributed by atoms with van der Waals surface area (Å²) in [6, 6.07) is 4.09. The van der Waals surface area contributed by atoms with E-state index in [-0.39, 0.29) is 0 Å². The molecule has 3 rings (SSSR count). The van der Waals surface area contributed by atoms with Gasteiger partial charge in [0.25, 0.3) is 0 Å². The van der Waals surface area contributed by atoms with E-state index in [1.54, 1.807) is 11.3 Å². The van der Waals surface area contributed by atoms with Crippen LogP contribution in [0.3, 0.4) is 0 Å². The van der Waals surface area contributed by atoms with Gasteiger partial charge in [-0.2, -0.15) is 0 Å². The number of carbonyl (C=O) groups excluding carboxylic acids is 1. The number of thiophene rings is 1. The molecule has 2 atom stereocenters. The van der Waals surface area contributed by atoms with Gasteiger partial charge in [-0.25, -0.2) is 0 Å². The van der Waals surface area contributed by atoms with Crippen LogP contribution in [0.25, 0.3) is 0 Å². The second kappa shape index (κ2) is 3.70. The first-order valence-corrected chi connectivity index (χ1v) is 7.10. The molecule has 1 nitrogen and oxygen atoms in total. The van der Waals surface area contributed by atoms with E-state index in [1.165, 1.54) is 24.1 Å². The van der Waals surface area contributed by atoms with Crippen LogP contribution in [0, 0.1) is 17.8 Å². The monoisotopic (exact) mass is 284 g/mol. The summed E-state index contributed by atoms with van der Waals surface area (Å²) in [7, 11) is 0. The number of hydrogen-bond donors (Lipinski definition) is 0. The van der Waals surface area contributed by atoms with E-state index in [9.17, 15) is 4.79 Å². The minimum absolute atomic E-state index is 0.384. The highest BCUT2D eigenvalue weighted by molar-refractivity contribution is 9.11. The Morgan fingerprint density at radius 3 is 2.67 bits per heavy atom. The molecule has 15 heavy (non-hydrogen) atoms. The summed E-state index contributed by atoms with van der Waals surface area (Å²) in [5, 5.41) is 0. The molecule has 0 radical (unpaired) electrons. The van der Waals surface area contributed by atoms with Crippen molar-refractivity contribution in [2.75, 3.05) is 0 Å². The zero-order chi connectivity index (χ0) is 10.4. The van der Waals surface area contributed by atoms with Gasteiger partial charge < -0.3 is 0 Å². The predicted octanol–water partition coefficient (Wildman–Crippen LogP) is 3.67. The van der Waals surface area contributed by atoms with Gasteiger partial charge in [0.15, 0.2) is 0 Å². The molecule has 0 amide bonds. The van der Waals surface area contributed by atoms with Crippen LogP contribution in [0.15, 0.2) is 15.9 Å². The predicted molar refractivity (Wildman–Crippen MR) is 65.1 cm³/mol. The van der Waals surface area contributed by atoms with Crippen molar-refractivity contribution in [2.45, 2.75) is 25.7 Å². The van der Waals surface area contributed by atoms with Crippen LogP contribution < -0.4 is 0 Å². The Labute approximate surface area is 102 Å². The summed E-state index contributed by atoms with van der Waals surface area (Å²) in [4.78, 5) is 13.2. The Kier molecular flexibility index (Phi) is 2.48. The van der Waals surface area contributed by atoms with Gasteiger partial charge >= 0.3 is 0 Å². The van der Waals surface area contributed by atoms with E-state index < -0.39 is 0 Å². The van der Waals surface area contributed by atoms with E-state index in [2.05, 4.69) is 22.0 Å². The number of ketones is 1. The third kappa shape index (κ3) is 2.04. The molecular weight excluding hydrogens is 272 g/mol. The fourth-order valence-electron chi connectivity index (χ4n) is 2.74. The quantitative estimate of drug-likeness (QED) is 0.828. The number of rotatable bonds is 3. The van der Waals surface area contributed by atoms with Crippen LogP contribution in [0.4, 0.5) is 0 Å². The SMILES string of the molecule is O=C(Cc1ccc(Br)s1)C1CC2CC2C1. The molecule has 0 saturated heterocycles. The number of fused-ring (bicyclic) bond motifs is 1. The van der Waals surface area contributed by atoms with E-state index in [0.29, 0.717) is 18.1 Å². The van der Waals surface area contributed by atoms with Gasteiger partial charge in [0, 0.05) is 17.2 Å². The Bertz CT molecular complexity index is 388. The van der Waals surface area contributed by atoms with Crippen LogP contribution in [0.5, 0.6) is 0 Å². The topological polar surface area (TPSA) is 17.1 Å². The second-order valence-electron chi connectivity index (χ2n) is 4.77. The van der Waals surface area contributed by atoms with Crippen LogP contribution in [-0.2, 0) is 11.2 Å². The van der Waals surface area contributed by atoms with Gasteiger partial charge in [0.05, 0.1) is 3.79 Å². The lowest BCUT2D eigenvalue weighted by molar-refractivity contribution is -0.122. The Balaban J connectivity index is 1.61. The molecule has 3 heteroatoms. The third-order valence-electron chi connectivity index (χ3n) is 3.68. The molecule has 2 aliphatic rings. The van der Waals surface area contributed by atoms with Gasteiger partial charge in [-0.15, -0.1) is 11.3 Å². The van der Waals surface area contributed by atoms with Crippen molar-refractivity contribution >= 4 is 33.0 Å². The summed E-state index contributed by atoms with van der Waals surface area (Å²) in [6.07, 6.45) is 4.40. The molecule has 80 valence electrons. The highest BCUT2D eigenvalue weighted by Gasteiger charge is 2.47. The van der Waals surface area contributed by atoms with E-state index >= 15 is 0 Å². The van der Waals surface area contributed by atoms with Crippen LogP contribution in [-0.4, -0.2) is 5.78 Å². The van der Waals surface area contributed by atoms with Crippen molar-refractivity contribution in [1.82, 2.24) is 0 Å². The summed E-state index contributed by atoms with van der Waals surface area (Å²) >= 11 is 5.11. The largest absolute Gasteiger partial charge is 0.299 e. The lowest BCUT2D eigenvalue weighted by Gasteiger charge is -2.08. The van der Waals surface area contributed by atoms with Crippen LogP contribution >= 0.6 is 27.3 Å². The first-order chi connectivity index (χ1) is 7.22. The zero-order valence-corrected chi connectivity index (χ0v) is 10.8. The maximum atomic E-state index is 12.0. The van der Waals surface area contributed by atoms with Crippen LogP contribution in [0.2, 0.25) is 0 Å². The molecular formula is C12H13BrOS. The normalized spacial score (nSPS) is 32.7. The molecule has 2 fully saturated rings. The van der Waals surface area contributed by atoms with Crippen molar-refractivity contribution in [1.29, 1.82) is 0 Å². The van der Waals surface area contributed by atoms with Gasteiger partial charge in [0.2, 0.25) is 0 Å².